The van der Waals surface area contributed by atoms with Crippen molar-refractivity contribution in [2.75, 3.05) is 61.1 Å². The molecule has 1 rings (SSSR count). The van der Waals surface area contributed by atoms with Gasteiger partial charge in [0.05, 0.1) is 13.2 Å². The van der Waals surface area contributed by atoms with E-state index < -0.39 is 0 Å². The van der Waals surface area contributed by atoms with Crippen molar-refractivity contribution in [1.29, 1.82) is 0 Å². The predicted molar refractivity (Wildman–Crippen MR) is 104 cm³/mol. The molecule has 0 bridgehead atoms. The first kappa shape index (κ1) is 21.3. The molecule has 0 aliphatic carbocycles. The zero-order valence-corrected chi connectivity index (χ0v) is 16.4. The highest BCUT2D eigenvalue weighted by molar-refractivity contribution is 5.79. The minimum atomic E-state index is 0.691. The number of nitrogens with one attached hydrogen (secondary N) is 1. The first-order chi connectivity index (χ1) is 12.1. The van der Waals surface area contributed by atoms with Crippen LogP contribution in [0.2, 0.25) is 0 Å². The average molecular weight is 351 g/mol. The van der Waals surface area contributed by atoms with Gasteiger partial charge >= 0.3 is 0 Å². The van der Waals surface area contributed by atoms with E-state index in [-0.39, 0.29) is 0 Å². The average Bonchev–Trinajstić information content (AvgIpc) is 2.61. The summed E-state index contributed by atoms with van der Waals surface area (Å²) in [5, 5.41) is 3.43. The van der Waals surface area contributed by atoms with Gasteiger partial charge in [0.15, 0.2) is 5.96 Å². The van der Waals surface area contributed by atoms with Gasteiger partial charge in [-0.3, -0.25) is 4.99 Å². The number of aliphatic imine (C=N–C) groups is 1. The van der Waals surface area contributed by atoms with Crippen LogP contribution in [0.1, 0.15) is 18.9 Å². The molecule has 0 spiro atoms. The van der Waals surface area contributed by atoms with Crippen molar-refractivity contribution in [2.24, 2.45) is 4.99 Å². The number of ether oxygens (including phenoxy) is 2. The monoisotopic (exact) mass is 350 g/mol. The van der Waals surface area contributed by atoms with Crippen LogP contribution in [0.25, 0.3) is 0 Å². The number of benzene rings is 1. The Balaban J connectivity index is 2.35. The Hall–Kier alpha value is -1.79. The second-order valence-electron chi connectivity index (χ2n) is 6.06. The maximum Gasteiger partial charge on any atom is 0.193 e. The van der Waals surface area contributed by atoms with Crippen molar-refractivity contribution in [3.05, 3.63) is 29.8 Å². The standard InChI is InChI=1S/C19H34N4O2/c1-6-25-18-10-8-17(9-11-18)16-23(4)19(20-2)21-12-7-13-22(3)14-15-24-5/h8-11H,6-7,12-16H2,1-5H3,(H,20,21). The van der Waals surface area contributed by atoms with Crippen LogP contribution < -0.4 is 10.1 Å². The molecule has 0 aliphatic heterocycles. The summed E-state index contributed by atoms with van der Waals surface area (Å²) in [6, 6.07) is 8.22. The molecule has 0 aromatic heterocycles. The van der Waals surface area contributed by atoms with Crippen LogP contribution >= 0.6 is 0 Å². The van der Waals surface area contributed by atoms with Crippen molar-refractivity contribution in [1.82, 2.24) is 15.1 Å². The molecule has 0 saturated heterocycles. The lowest BCUT2D eigenvalue weighted by Gasteiger charge is -2.23. The summed E-state index contributed by atoms with van der Waals surface area (Å²) in [4.78, 5) is 8.78. The Morgan fingerprint density at radius 1 is 1.16 bits per heavy atom. The normalized spacial score (nSPS) is 11.7. The molecule has 6 nitrogen and oxygen atoms in total. The Kier molecular flexibility index (Phi) is 10.7. The largest absolute Gasteiger partial charge is 0.494 e. The van der Waals surface area contributed by atoms with Gasteiger partial charge in [-0.05, 0) is 44.6 Å². The van der Waals surface area contributed by atoms with Crippen molar-refractivity contribution < 1.29 is 9.47 Å². The number of methoxy groups -OCH3 is 1. The van der Waals surface area contributed by atoms with E-state index in [0.29, 0.717) is 6.61 Å². The number of nitrogens with zero attached hydrogens (tertiary/aromatic N) is 3. The molecule has 0 saturated carbocycles. The Morgan fingerprint density at radius 2 is 1.88 bits per heavy atom. The van der Waals surface area contributed by atoms with Crippen LogP contribution in [0.4, 0.5) is 0 Å². The third kappa shape index (κ3) is 8.74. The molecule has 1 aromatic rings. The van der Waals surface area contributed by atoms with Crippen molar-refractivity contribution in [3.63, 3.8) is 0 Å². The lowest BCUT2D eigenvalue weighted by atomic mass is 10.2. The van der Waals surface area contributed by atoms with Crippen LogP contribution in [-0.2, 0) is 11.3 Å². The first-order valence-electron chi connectivity index (χ1n) is 8.91. The quantitative estimate of drug-likeness (QED) is 0.376. The minimum Gasteiger partial charge on any atom is -0.494 e. The second kappa shape index (κ2) is 12.6. The van der Waals surface area contributed by atoms with Gasteiger partial charge in [0.25, 0.3) is 0 Å². The third-order valence-corrected chi connectivity index (χ3v) is 3.90. The van der Waals surface area contributed by atoms with Crippen LogP contribution in [-0.4, -0.2) is 76.9 Å². The van der Waals surface area contributed by atoms with Crippen LogP contribution in [0.3, 0.4) is 0 Å². The molecule has 142 valence electrons. The van der Waals surface area contributed by atoms with E-state index in [0.717, 1.165) is 50.9 Å². The Labute approximate surface area is 152 Å². The van der Waals surface area contributed by atoms with Crippen LogP contribution in [0.5, 0.6) is 5.75 Å². The number of guanidine groups is 1. The molecular formula is C19H34N4O2. The van der Waals surface area contributed by atoms with Crippen LogP contribution in [0, 0.1) is 0 Å². The van der Waals surface area contributed by atoms with Gasteiger partial charge in [0.1, 0.15) is 5.75 Å². The SMILES string of the molecule is CCOc1ccc(CN(C)C(=NC)NCCCN(C)CCOC)cc1. The topological polar surface area (TPSA) is 49.3 Å². The maximum absolute atomic E-state index is 5.48. The summed E-state index contributed by atoms with van der Waals surface area (Å²) in [5.41, 5.74) is 1.23. The fraction of sp³-hybridized carbons (Fsp3) is 0.632. The molecule has 0 amide bonds. The third-order valence-electron chi connectivity index (χ3n) is 3.90. The molecule has 6 heteroatoms. The summed E-state index contributed by atoms with van der Waals surface area (Å²) in [6.45, 7) is 7.16. The molecule has 0 unspecified atom stereocenters. The number of hydrogen-bond donors (Lipinski definition) is 1. The van der Waals surface area contributed by atoms with Gasteiger partial charge in [0, 0.05) is 40.8 Å². The van der Waals surface area contributed by atoms with Gasteiger partial charge in [-0.1, -0.05) is 12.1 Å². The smallest absolute Gasteiger partial charge is 0.193 e. The maximum atomic E-state index is 5.48. The summed E-state index contributed by atoms with van der Waals surface area (Å²) < 4.78 is 10.6. The summed E-state index contributed by atoms with van der Waals surface area (Å²) in [6.07, 6.45) is 1.07. The Morgan fingerprint density at radius 3 is 2.48 bits per heavy atom. The minimum absolute atomic E-state index is 0.691. The fourth-order valence-electron chi connectivity index (χ4n) is 2.50. The van der Waals surface area contributed by atoms with Gasteiger partial charge in [-0.15, -0.1) is 0 Å². The van der Waals surface area contributed by atoms with E-state index in [4.69, 9.17) is 9.47 Å². The van der Waals surface area contributed by atoms with Gasteiger partial charge in [-0.2, -0.15) is 0 Å². The molecule has 25 heavy (non-hydrogen) atoms. The van der Waals surface area contributed by atoms with Gasteiger partial charge in [-0.25, -0.2) is 0 Å². The van der Waals surface area contributed by atoms with Crippen molar-refractivity contribution in [3.8, 4) is 5.75 Å². The lowest BCUT2D eigenvalue weighted by Crippen LogP contribution is -2.39. The molecule has 0 fully saturated rings. The predicted octanol–water partition coefficient (Wildman–Crippen LogP) is 2.06. The molecule has 0 atom stereocenters. The molecular weight excluding hydrogens is 316 g/mol. The number of hydrogen-bond acceptors (Lipinski definition) is 4. The van der Waals surface area contributed by atoms with E-state index in [1.54, 1.807) is 7.11 Å². The first-order valence-corrected chi connectivity index (χ1v) is 8.91. The van der Waals surface area contributed by atoms with E-state index in [1.807, 2.05) is 26.1 Å². The van der Waals surface area contributed by atoms with Crippen molar-refractivity contribution >= 4 is 5.96 Å². The summed E-state index contributed by atoms with van der Waals surface area (Å²) in [5.74, 6) is 1.82. The fourth-order valence-corrected chi connectivity index (χ4v) is 2.50. The molecule has 1 N–H and O–H groups in total. The molecule has 1 aromatic carbocycles. The van der Waals surface area contributed by atoms with Crippen molar-refractivity contribution in [2.45, 2.75) is 19.9 Å². The summed E-state index contributed by atoms with van der Waals surface area (Å²) in [7, 11) is 7.73. The van der Waals surface area contributed by atoms with E-state index in [2.05, 4.69) is 46.3 Å². The lowest BCUT2D eigenvalue weighted by molar-refractivity contribution is 0.161. The highest BCUT2D eigenvalue weighted by Crippen LogP contribution is 2.13. The molecule has 0 radical (unpaired) electrons. The Bertz CT molecular complexity index is 491. The van der Waals surface area contributed by atoms with Gasteiger partial charge < -0.3 is 24.6 Å². The zero-order valence-electron chi connectivity index (χ0n) is 16.4. The number of likely N-dealkylation sites (N-methyl/N-ethyl adjacent to an activating group) is 1. The molecule has 0 heterocycles. The highest BCUT2D eigenvalue weighted by Gasteiger charge is 2.07. The van der Waals surface area contributed by atoms with E-state index >= 15 is 0 Å². The van der Waals surface area contributed by atoms with Crippen LogP contribution in [0.15, 0.2) is 29.3 Å². The number of rotatable bonds is 11. The van der Waals surface area contributed by atoms with E-state index in [1.165, 1.54) is 5.56 Å². The summed E-state index contributed by atoms with van der Waals surface area (Å²) >= 11 is 0. The van der Waals surface area contributed by atoms with Gasteiger partial charge in [0.2, 0.25) is 0 Å². The highest BCUT2D eigenvalue weighted by atomic mass is 16.5. The zero-order chi connectivity index (χ0) is 18.5. The second-order valence-corrected chi connectivity index (χ2v) is 6.06. The molecule has 0 aliphatic rings. The van der Waals surface area contributed by atoms with E-state index in [9.17, 15) is 0 Å².